The molecule has 27 heavy (non-hydrogen) atoms. The van der Waals surface area contributed by atoms with E-state index in [1.165, 1.54) is 0 Å². The highest BCUT2D eigenvalue weighted by molar-refractivity contribution is 6.26. The first-order valence-electron chi connectivity index (χ1n) is 8.46. The highest BCUT2D eigenvalue weighted by Gasteiger charge is 2.27. The number of rotatable bonds is 2. The molecule has 126 valence electrons. The Morgan fingerprint density at radius 1 is 0.815 bits per heavy atom. The van der Waals surface area contributed by atoms with E-state index in [9.17, 15) is 10.5 Å². The van der Waals surface area contributed by atoms with Crippen LogP contribution in [0.5, 0.6) is 0 Å². The van der Waals surface area contributed by atoms with Crippen LogP contribution in [0.15, 0.2) is 89.6 Å². The second kappa shape index (κ2) is 7.00. The molecule has 4 nitrogen and oxygen atoms in total. The molecule has 0 radical (unpaired) electrons. The molecule has 3 aromatic carbocycles. The maximum Gasteiger partial charge on any atom is 0.102 e. The Hall–Kier alpha value is -4.15. The zero-order valence-electron chi connectivity index (χ0n) is 14.3. The maximum atomic E-state index is 9.91. The van der Waals surface area contributed by atoms with Gasteiger partial charge in [0.1, 0.15) is 6.07 Å². The van der Waals surface area contributed by atoms with Gasteiger partial charge in [0.2, 0.25) is 0 Å². The smallest absolute Gasteiger partial charge is 0.102 e. The van der Waals surface area contributed by atoms with Gasteiger partial charge in [-0.2, -0.15) is 10.5 Å². The number of nitrogens with zero attached hydrogens (tertiary/aromatic N) is 3. The van der Waals surface area contributed by atoms with Crippen LogP contribution in [0.2, 0.25) is 0 Å². The van der Waals surface area contributed by atoms with E-state index in [2.05, 4.69) is 17.5 Å². The van der Waals surface area contributed by atoms with Crippen molar-refractivity contribution in [3.05, 3.63) is 101 Å². The van der Waals surface area contributed by atoms with Crippen molar-refractivity contribution in [3.8, 4) is 12.1 Å². The van der Waals surface area contributed by atoms with Crippen molar-refractivity contribution in [1.29, 1.82) is 10.5 Å². The maximum absolute atomic E-state index is 9.91. The molecule has 1 heterocycles. The number of benzene rings is 3. The van der Waals surface area contributed by atoms with Crippen molar-refractivity contribution in [2.24, 2.45) is 4.99 Å². The van der Waals surface area contributed by atoms with Gasteiger partial charge in [-0.3, -0.25) is 0 Å². The number of hydrogen-bond donors (Lipinski definition) is 1. The summed E-state index contributed by atoms with van der Waals surface area (Å²) in [5.74, 6) is 0. The Bertz CT molecular complexity index is 1160. The molecule has 0 amide bonds. The van der Waals surface area contributed by atoms with Crippen LogP contribution in [0.1, 0.15) is 16.7 Å². The minimum Gasteiger partial charge on any atom is -0.352 e. The molecule has 0 aliphatic carbocycles. The van der Waals surface area contributed by atoms with Gasteiger partial charge in [-0.05, 0) is 24.3 Å². The summed E-state index contributed by atoms with van der Waals surface area (Å²) < 4.78 is 0. The van der Waals surface area contributed by atoms with Gasteiger partial charge in [0, 0.05) is 16.8 Å². The van der Waals surface area contributed by atoms with E-state index in [1.54, 1.807) is 18.2 Å². The van der Waals surface area contributed by atoms with Crippen molar-refractivity contribution in [2.45, 2.75) is 0 Å². The molecule has 4 rings (SSSR count). The second-order valence-electron chi connectivity index (χ2n) is 5.99. The number of nitrogens with one attached hydrogen (secondary N) is 1. The van der Waals surface area contributed by atoms with E-state index in [1.807, 2.05) is 60.7 Å². The monoisotopic (exact) mass is 346 g/mol. The van der Waals surface area contributed by atoms with Gasteiger partial charge < -0.3 is 5.32 Å². The van der Waals surface area contributed by atoms with E-state index in [0.29, 0.717) is 28.1 Å². The predicted octanol–water partition coefficient (Wildman–Crippen LogP) is 5.04. The van der Waals surface area contributed by atoms with Gasteiger partial charge >= 0.3 is 0 Å². The first-order valence-corrected chi connectivity index (χ1v) is 8.46. The summed E-state index contributed by atoms with van der Waals surface area (Å²) in [7, 11) is 0. The summed E-state index contributed by atoms with van der Waals surface area (Å²) >= 11 is 0. The summed E-state index contributed by atoms with van der Waals surface area (Å²) in [4.78, 5) is 4.79. The Balaban J connectivity index is 1.98. The normalized spacial score (nSPS) is 15.4. The third-order valence-corrected chi connectivity index (χ3v) is 4.35. The highest BCUT2D eigenvalue weighted by atomic mass is 15.0. The summed E-state index contributed by atoms with van der Waals surface area (Å²) in [5.41, 5.74) is 5.39. The summed E-state index contributed by atoms with van der Waals surface area (Å²) in [5, 5.41) is 22.7. The molecule has 0 unspecified atom stereocenters. The number of hydrogen-bond acceptors (Lipinski definition) is 4. The van der Waals surface area contributed by atoms with Crippen molar-refractivity contribution in [3.63, 3.8) is 0 Å². The minimum atomic E-state index is 0.401. The topological polar surface area (TPSA) is 72.0 Å². The summed E-state index contributed by atoms with van der Waals surface area (Å²) in [6, 6.07) is 29.0. The Morgan fingerprint density at radius 3 is 2.30 bits per heavy atom. The molecule has 4 heteroatoms. The SMILES string of the molecule is N#C/C(=C1/Nc2ccccc2C1=Nc1ccccc1)c1ccccc1C#N. The zero-order chi connectivity index (χ0) is 18.6. The van der Waals surface area contributed by atoms with Crippen molar-refractivity contribution in [1.82, 2.24) is 0 Å². The van der Waals surface area contributed by atoms with Gasteiger partial charge in [0.05, 0.1) is 34.3 Å². The van der Waals surface area contributed by atoms with Crippen molar-refractivity contribution >= 4 is 22.7 Å². The van der Waals surface area contributed by atoms with E-state index >= 15 is 0 Å². The lowest BCUT2D eigenvalue weighted by molar-refractivity contribution is 1.44. The molecule has 0 saturated heterocycles. The molecular weight excluding hydrogens is 332 g/mol. The van der Waals surface area contributed by atoms with Crippen LogP contribution < -0.4 is 5.32 Å². The number of fused-ring (bicyclic) bond motifs is 1. The van der Waals surface area contributed by atoms with E-state index in [0.717, 1.165) is 16.9 Å². The summed E-state index contributed by atoms with van der Waals surface area (Å²) in [6.07, 6.45) is 0. The number of nitriles is 2. The first kappa shape index (κ1) is 16.3. The van der Waals surface area contributed by atoms with Crippen LogP contribution in [0.3, 0.4) is 0 Å². The second-order valence-corrected chi connectivity index (χ2v) is 5.99. The minimum absolute atomic E-state index is 0.401. The molecule has 1 aliphatic heterocycles. The number of para-hydroxylation sites is 2. The Morgan fingerprint density at radius 2 is 1.52 bits per heavy atom. The fourth-order valence-electron chi connectivity index (χ4n) is 3.11. The van der Waals surface area contributed by atoms with Gasteiger partial charge in [-0.25, -0.2) is 4.99 Å². The Kier molecular flexibility index (Phi) is 4.23. The molecule has 0 bridgehead atoms. The predicted molar refractivity (Wildman–Crippen MR) is 106 cm³/mol. The molecule has 0 atom stereocenters. The molecule has 3 aromatic rings. The third kappa shape index (κ3) is 2.97. The van der Waals surface area contributed by atoms with E-state index < -0.39 is 0 Å². The average Bonchev–Trinajstić information content (AvgIpc) is 3.08. The summed E-state index contributed by atoms with van der Waals surface area (Å²) in [6.45, 7) is 0. The zero-order valence-corrected chi connectivity index (χ0v) is 14.3. The van der Waals surface area contributed by atoms with E-state index in [4.69, 9.17) is 4.99 Å². The van der Waals surface area contributed by atoms with Gasteiger partial charge in [-0.1, -0.05) is 54.6 Å². The van der Waals surface area contributed by atoms with Crippen LogP contribution in [-0.2, 0) is 0 Å². The molecule has 0 fully saturated rings. The third-order valence-electron chi connectivity index (χ3n) is 4.35. The van der Waals surface area contributed by atoms with Gasteiger partial charge in [-0.15, -0.1) is 0 Å². The van der Waals surface area contributed by atoms with Gasteiger partial charge in [0.15, 0.2) is 0 Å². The number of allylic oxidation sites excluding steroid dienone is 2. The average molecular weight is 346 g/mol. The van der Waals surface area contributed by atoms with Crippen LogP contribution in [0.25, 0.3) is 5.57 Å². The fourth-order valence-corrected chi connectivity index (χ4v) is 3.11. The van der Waals surface area contributed by atoms with Crippen molar-refractivity contribution < 1.29 is 0 Å². The number of anilines is 1. The van der Waals surface area contributed by atoms with Crippen LogP contribution in [0, 0.1) is 22.7 Å². The quantitative estimate of drug-likeness (QED) is 0.661. The molecule has 1 N–H and O–H groups in total. The van der Waals surface area contributed by atoms with Crippen LogP contribution >= 0.6 is 0 Å². The standard InChI is InChI=1S/C23H14N4/c24-14-16-8-4-5-11-18(16)20(15-25)23-22(26-17-9-2-1-3-10-17)19-12-6-7-13-21(19)27-23/h1-13,27H/b23-20-,26-22?. The molecular formula is C23H14N4. The van der Waals surface area contributed by atoms with Crippen LogP contribution in [-0.4, -0.2) is 5.71 Å². The molecule has 0 aromatic heterocycles. The largest absolute Gasteiger partial charge is 0.352 e. The molecule has 1 aliphatic rings. The lowest BCUT2D eigenvalue weighted by Gasteiger charge is -2.08. The first-order chi connectivity index (χ1) is 13.3. The number of aliphatic imine (C=N–C) groups is 1. The van der Waals surface area contributed by atoms with Crippen LogP contribution in [0.4, 0.5) is 11.4 Å². The van der Waals surface area contributed by atoms with Gasteiger partial charge in [0.25, 0.3) is 0 Å². The highest BCUT2D eigenvalue weighted by Crippen LogP contribution is 2.35. The molecule has 0 saturated carbocycles. The fraction of sp³-hybridized carbons (Fsp3) is 0. The lowest BCUT2D eigenvalue weighted by Crippen LogP contribution is -2.06. The Labute approximate surface area is 157 Å². The molecule has 0 spiro atoms. The lowest BCUT2D eigenvalue weighted by atomic mass is 9.97. The van der Waals surface area contributed by atoms with E-state index in [-0.39, 0.29) is 0 Å². The van der Waals surface area contributed by atoms with Crippen molar-refractivity contribution in [2.75, 3.05) is 5.32 Å².